The van der Waals surface area contributed by atoms with E-state index in [0.29, 0.717) is 0 Å². The standard InChI is InChI=1S/C11H13ClFNO/c1-3-7(2)14-11(15)9-6-8(13)4-5-10(9)12/h4-7H,3H2,1-2H3,(H,14,15). The number of carbonyl (C=O) groups is 1. The van der Waals surface area contributed by atoms with E-state index in [4.69, 9.17) is 11.6 Å². The molecule has 2 nitrogen and oxygen atoms in total. The van der Waals surface area contributed by atoms with Crippen molar-refractivity contribution in [3.05, 3.63) is 34.6 Å². The van der Waals surface area contributed by atoms with Crippen molar-refractivity contribution >= 4 is 17.5 Å². The molecule has 1 rings (SSSR count). The number of hydrogen-bond acceptors (Lipinski definition) is 1. The Balaban J connectivity index is 2.86. The molecular weight excluding hydrogens is 217 g/mol. The van der Waals surface area contributed by atoms with Crippen LogP contribution in [0.3, 0.4) is 0 Å². The van der Waals surface area contributed by atoms with Gasteiger partial charge in [0, 0.05) is 6.04 Å². The maximum absolute atomic E-state index is 12.9. The zero-order valence-electron chi connectivity index (χ0n) is 8.68. The third kappa shape index (κ3) is 3.20. The molecule has 0 aromatic heterocycles. The summed E-state index contributed by atoms with van der Waals surface area (Å²) in [4.78, 5) is 11.6. The maximum Gasteiger partial charge on any atom is 0.253 e. The fraction of sp³-hybridized carbons (Fsp3) is 0.364. The maximum atomic E-state index is 12.9. The Morgan fingerprint density at radius 1 is 1.60 bits per heavy atom. The average molecular weight is 230 g/mol. The highest BCUT2D eigenvalue weighted by Crippen LogP contribution is 2.17. The molecular formula is C11H13ClFNO. The SMILES string of the molecule is CCC(C)NC(=O)c1cc(F)ccc1Cl. The molecule has 1 N–H and O–H groups in total. The van der Waals surface area contributed by atoms with Gasteiger partial charge >= 0.3 is 0 Å². The lowest BCUT2D eigenvalue weighted by Crippen LogP contribution is -2.32. The van der Waals surface area contributed by atoms with Crippen molar-refractivity contribution in [1.29, 1.82) is 0 Å². The molecule has 0 saturated carbocycles. The summed E-state index contributed by atoms with van der Waals surface area (Å²) in [7, 11) is 0. The predicted octanol–water partition coefficient (Wildman–Crippen LogP) is 3.01. The highest BCUT2D eigenvalue weighted by molar-refractivity contribution is 6.33. The van der Waals surface area contributed by atoms with Gasteiger partial charge in [-0.05, 0) is 31.5 Å². The van der Waals surface area contributed by atoms with Crippen molar-refractivity contribution in [3.8, 4) is 0 Å². The summed E-state index contributed by atoms with van der Waals surface area (Å²) in [6, 6.07) is 3.79. The van der Waals surface area contributed by atoms with Crippen LogP contribution in [0.2, 0.25) is 5.02 Å². The first-order valence-electron chi connectivity index (χ1n) is 4.80. The molecule has 0 aliphatic carbocycles. The summed E-state index contributed by atoms with van der Waals surface area (Å²) in [6.07, 6.45) is 0.818. The van der Waals surface area contributed by atoms with Gasteiger partial charge in [-0.25, -0.2) is 4.39 Å². The first-order chi connectivity index (χ1) is 7.04. The highest BCUT2D eigenvalue weighted by Gasteiger charge is 2.12. The van der Waals surface area contributed by atoms with Gasteiger partial charge in [-0.3, -0.25) is 4.79 Å². The molecule has 0 heterocycles. The quantitative estimate of drug-likeness (QED) is 0.848. The molecule has 0 aliphatic heterocycles. The Labute approximate surface area is 93.4 Å². The highest BCUT2D eigenvalue weighted by atomic mass is 35.5. The topological polar surface area (TPSA) is 29.1 Å². The molecule has 1 unspecified atom stereocenters. The zero-order valence-corrected chi connectivity index (χ0v) is 9.44. The van der Waals surface area contributed by atoms with Crippen LogP contribution in [0.4, 0.5) is 4.39 Å². The second-order valence-electron chi connectivity index (χ2n) is 3.41. The van der Waals surface area contributed by atoms with E-state index in [0.717, 1.165) is 12.5 Å². The number of hydrogen-bond donors (Lipinski definition) is 1. The third-order valence-corrected chi connectivity index (χ3v) is 2.49. The van der Waals surface area contributed by atoms with E-state index in [1.807, 2.05) is 13.8 Å². The summed E-state index contributed by atoms with van der Waals surface area (Å²) < 4.78 is 12.9. The Hall–Kier alpha value is -1.09. The number of nitrogens with one attached hydrogen (secondary N) is 1. The third-order valence-electron chi connectivity index (χ3n) is 2.16. The van der Waals surface area contributed by atoms with Gasteiger partial charge in [0.05, 0.1) is 10.6 Å². The molecule has 15 heavy (non-hydrogen) atoms. The van der Waals surface area contributed by atoms with Crippen LogP contribution in [0.1, 0.15) is 30.6 Å². The van der Waals surface area contributed by atoms with E-state index in [-0.39, 0.29) is 22.5 Å². The van der Waals surface area contributed by atoms with Crippen LogP contribution >= 0.6 is 11.6 Å². The molecule has 0 saturated heterocycles. The van der Waals surface area contributed by atoms with Gasteiger partial charge in [0.2, 0.25) is 0 Å². The van der Waals surface area contributed by atoms with Gasteiger partial charge in [-0.1, -0.05) is 18.5 Å². The zero-order chi connectivity index (χ0) is 11.4. The monoisotopic (exact) mass is 229 g/mol. The second-order valence-corrected chi connectivity index (χ2v) is 3.81. The van der Waals surface area contributed by atoms with Crippen LogP contribution in [0.5, 0.6) is 0 Å². The minimum absolute atomic E-state index is 0.0526. The molecule has 82 valence electrons. The van der Waals surface area contributed by atoms with Crippen molar-refractivity contribution in [3.63, 3.8) is 0 Å². The summed E-state index contributed by atoms with van der Waals surface area (Å²) >= 11 is 5.79. The van der Waals surface area contributed by atoms with Crippen LogP contribution in [0.15, 0.2) is 18.2 Å². The average Bonchev–Trinajstić information content (AvgIpc) is 2.21. The van der Waals surface area contributed by atoms with Gasteiger partial charge in [0.1, 0.15) is 5.82 Å². The molecule has 0 radical (unpaired) electrons. The lowest BCUT2D eigenvalue weighted by molar-refractivity contribution is 0.0939. The predicted molar refractivity (Wildman–Crippen MR) is 58.6 cm³/mol. The molecule has 0 bridgehead atoms. The molecule has 1 atom stereocenters. The second kappa shape index (κ2) is 5.12. The Morgan fingerprint density at radius 3 is 2.87 bits per heavy atom. The summed E-state index contributed by atoms with van der Waals surface area (Å²) in [5.41, 5.74) is 0.178. The Kier molecular flexibility index (Phi) is 4.09. The first-order valence-corrected chi connectivity index (χ1v) is 5.18. The van der Waals surface area contributed by atoms with E-state index in [2.05, 4.69) is 5.32 Å². The van der Waals surface area contributed by atoms with E-state index in [1.54, 1.807) is 0 Å². The van der Waals surface area contributed by atoms with Crippen LogP contribution in [-0.4, -0.2) is 11.9 Å². The molecule has 0 fully saturated rings. The fourth-order valence-electron chi connectivity index (χ4n) is 1.08. The largest absolute Gasteiger partial charge is 0.350 e. The molecule has 0 spiro atoms. The smallest absolute Gasteiger partial charge is 0.253 e. The van der Waals surface area contributed by atoms with E-state index in [1.165, 1.54) is 12.1 Å². The number of rotatable bonds is 3. The van der Waals surface area contributed by atoms with Crippen LogP contribution in [-0.2, 0) is 0 Å². The van der Waals surface area contributed by atoms with Gasteiger partial charge in [0.25, 0.3) is 5.91 Å². The minimum Gasteiger partial charge on any atom is -0.350 e. The number of benzene rings is 1. The normalized spacial score (nSPS) is 12.3. The van der Waals surface area contributed by atoms with E-state index < -0.39 is 5.82 Å². The number of halogens is 2. The number of amides is 1. The number of carbonyl (C=O) groups excluding carboxylic acids is 1. The van der Waals surface area contributed by atoms with Crippen molar-refractivity contribution in [2.45, 2.75) is 26.3 Å². The van der Waals surface area contributed by atoms with Crippen LogP contribution < -0.4 is 5.32 Å². The molecule has 4 heteroatoms. The van der Waals surface area contributed by atoms with Gasteiger partial charge in [-0.2, -0.15) is 0 Å². The lowest BCUT2D eigenvalue weighted by Gasteiger charge is -2.12. The summed E-state index contributed by atoms with van der Waals surface area (Å²) in [5.74, 6) is -0.803. The van der Waals surface area contributed by atoms with Crippen molar-refractivity contribution in [2.24, 2.45) is 0 Å². The van der Waals surface area contributed by atoms with Crippen molar-refractivity contribution < 1.29 is 9.18 Å². The fourth-order valence-corrected chi connectivity index (χ4v) is 1.28. The Bertz CT molecular complexity index is 368. The van der Waals surface area contributed by atoms with E-state index >= 15 is 0 Å². The van der Waals surface area contributed by atoms with Crippen LogP contribution in [0.25, 0.3) is 0 Å². The van der Waals surface area contributed by atoms with Crippen molar-refractivity contribution in [2.75, 3.05) is 0 Å². The first kappa shape index (κ1) is 12.0. The summed E-state index contributed by atoms with van der Waals surface area (Å²) in [6.45, 7) is 3.84. The van der Waals surface area contributed by atoms with Crippen molar-refractivity contribution in [1.82, 2.24) is 5.32 Å². The van der Waals surface area contributed by atoms with Gasteiger partial charge in [-0.15, -0.1) is 0 Å². The Morgan fingerprint density at radius 2 is 2.27 bits per heavy atom. The van der Waals surface area contributed by atoms with Gasteiger partial charge in [0.15, 0.2) is 0 Å². The summed E-state index contributed by atoms with van der Waals surface area (Å²) in [5, 5.41) is 2.99. The molecule has 1 amide bonds. The molecule has 0 aliphatic rings. The molecule has 1 aromatic rings. The lowest BCUT2D eigenvalue weighted by atomic mass is 10.2. The van der Waals surface area contributed by atoms with E-state index in [9.17, 15) is 9.18 Å². The molecule has 1 aromatic carbocycles. The minimum atomic E-state index is -0.464. The van der Waals surface area contributed by atoms with Crippen LogP contribution in [0, 0.1) is 5.82 Å². The van der Waals surface area contributed by atoms with Gasteiger partial charge < -0.3 is 5.32 Å².